The third kappa shape index (κ3) is 1.86. The predicted molar refractivity (Wildman–Crippen MR) is 53.0 cm³/mol. The lowest BCUT2D eigenvalue weighted by Crippen LogP contribution is -2.04. The average Bonchev–Trinajstić information content (AvgIpc) is 2.81. The maximum atomic E-state index is 11.0. The number of ether oxygens (including phenoxy) is 3. The van der Waals surface area contributed by atoms with Gasteiger partial charge in [-0.3, -0.25) is 4.79 Å². The van der Waals surface area contributed by atoms with Crippen LogP contribution >= 0.6 is 0 Å². The molecule has 0 bridgehead atoms. The van der Waals surface area contributed by atoms with Crippen LogP contribution in [-0.2, 0) is 9.47 Å². The summed E-state index contributed by atoms with van der Waals surface area (Å²) < 4.78 is 15.8. The van der Waals surface area contributed by atoms with Gasteiger partial charge in [0.2, 0.25) is 0 Å². The van der Waals surface area contributed by atoms with Gasteiger partial charge in [-0.25, -0.2) is 0 Å². The standard InChI is InChI=1S/C11H12O4/c1-13-10-4-2-3-8(9(10)7-12)11-14-5-6-15-11/h2-4,7,11H,5-6H2,1H3. The van der Waals surface area contributed by atoms with Gasteiger partial charge in [0.1, 0.15) is 5.75 Å². The molecule has 1 aliphatic heterocycles. The van der Waals surface area contributed by atoms with Crippen LogP contribution in [0, 0.1) is 0 Å². The molecule has 4 heteroatoms. The third-order valence-electron chi connectivity index (χ3n) is 2.31. The molecule has 15 heavy (non-hydrogen) atoms. The molecule has 0 atom stereocenters. The van der Waals surface area contributed by atoms with Gasteiger partial charge in [-0.15, -0.1) is 0 Å². The Balaban J connectivity index is 2.40. The fourth-order valence-corrected chi connectivity index (χ4v) is 1.61. The Labute approximate surface area is 87.8 Å². The fraction of sp³-hybridized carbons (Fsp3) is 0.364. The van der Waals surface area contributed by atoms with Crippen molar-refractivity contribution in [3.63, 3.8) is 0 Å². The molecule has 0 aliphatic carbocycles. The monoisotopic (exact) mass is 208 g/mol. The molecule has 1 heterocycles. The van der Waals surface area contributed by atoms with Crippen molar-refractivity contribution in [1.29, 1.82) is 0 Å². The van der Waals surface area contributed by atoms with Crippen molar-refractivity contribution < 1.29 is 19.0 Å². The Morgan fingerprint density at radius 1 is 1.40 bits per heavy atom. The number of aldehydes is 1. The molecule has 0 saturated carbocycles. The zero-order valence-corrected chi connectivity index (χ0v) is 8.43. The molecule has 1 aromatic carbocycles. The molecule has 0 spiro atoms. The van der Waals surface area contributed by atoms with Gasteiger partial charge in [-0.2, -0.15) is 0 Å². The number of carbonyl (C=O) groups excluding carboxylic acids is 1. The van der Waals surface area contributed by atoms with E-state index in [-0.39, 0.29) is 0 Å². The van der Waals surface area contributed by atoms with E-state index in [1.807, 2.05) is 12.1 Å². The Kier molecular flexibility index (Phi) is 2.99. The maximum absolute atomic E-state index is 11.0. The highest BCUT2D eigenvalue weighted by Gasteiger charge is 2.22. The lowest BCUT2D eigenvalue weighted by molar-refractivity contribution is -0.0445. The first-order valence-corrected chi connectivity index (χ1v) is 4.72. The van der Waals surface area contributed by atoms with Crippen LogP contribution < -0.4 is 4.74 Å². The third-order valence-corrected chi connectivity index (χ3v) is 2.31. The molecular weight excluding hydrogens is 196 g/mol. The first-order valence-electron chi connectivity index (χ1n) is 4.72. The molecule has 4 nitrogen and oxygen atoms in total. The van der Waals surface area contributed by atoms with Crippen LogP contribution in [0.5, 0.6) is 5.75 Å². The number of carbonyl (C=O) groups is 1. The summed E-state index contributed by atoms with van der Waals surface area (Å²) >= 11 is 0. The summed E-state index contributed by atoms with van der Waals surface area (Å²) in [6, 6.07) is 5.36. The summed E-state index contributed by atoms with van der Waals surface area (Å²) in [6.07, 6.45) is 0.319. The van der Waals surface area contributed by atoms with Crippen molar-refractivity contribution >= 4 is 6.29 Å². The van der Waals surface area contributed by atoms with Gasteiger partial charge in [-0.05, 0) is 6.07 Å². The molecule has 0 N–H and O–H groups in total. The smallest absolute Gasteiger partial charge is 0.184 e. The fourth-order valence-electron chi connectivity index (χ4n) is 1.61. The average molecular weight is 208 g/mol. The van der Waals surface area contributed by atoms with Gasteiger partial charge in [0, 0.05) is 5.56 Å². The van der Waals surface area contributed by atoms with Gasteiger partial charge >= 0.3 is 0 Å². The normalized spacial score (nSPS) is 16.6. The van der Waals surface area contributed by atoms with Gasteiger partial charge in [0.05, 0.1) is 25.9 Å². The summed E-state index contributed by atoms with van der Waals surface area (Å²) in [7, 11) is 1.53. The molecule has 1 aromatic rings. The number of hydrogen-bond donors (Lipinski definition) is 0. The molecule has 80 valence electrons. The van der Waals surface area contributed by atoms with Crippen LogP contribution in [-0.4, -0.2) is 26.6 Å². The van der Waals surface area contributed by atoms with Gasteiger partial charge in [0.25, 0.3) is 0 Å². The lowest BCUT2D eigenvalue weighted by atomic mass is 10.1. The van der Waals surface area contributed by atoms with Crippen LogP contribution in [0.1, 0.15) is 22.2 Å². The van der Waals surface area contributed by atoms with Crippen molar-refractivity contribution in [3.05, 3.63) is 29.3 Å². The Hall–Kier alpha value is -1.39. The molecule has 1 fully saturated rings. The second kappa shape index (κ2) is 4.42. The number of methoxy groups -OCH3 is 1. The van der Waals surface area contributed by atoms with Crippen LogP contribution in [0.2, 0.25) is 0 Å². The van der Waals surface area contributed by atoms with E-state index in [1.165, 1.54) is 7.11 Å². The topological polar surface area (TPSA) is 44.8 Å². The Bertz CT molecular complexity index is 356. The van der Waals surface area contributed by atoms with E-state index in [0.717, 1.165) is 11.8 Å². The van der Waals surface area contributed by atoms with Crippen molar-refractivity contribution in [1.82, 2.24) is 0 Å². The number of hydrogen-bond acceptors (Lipinski definition) is 4. The van der Waals surface area contributed by atoms with Crippen LogP contribution in [0.15, 0.2) is 18.2 Å². The first-order chi connectivity index (χ1) is 7.36. The second-order valence-corrected chi connectivity index (χ2v) is 3.15. The van der Waals surface area contributed by atoms with E-state index < -0.39 is 6.29 Å². The van der Waals surface area contributed by atoms with Crippen molar-refractivity contribution in [3.8, 4) is 5.75 Å². The van der Waals surface area contributed by atoms with Crippen molar-refractivity contribution in [2.75, 3.05) is 20.3 Å². The summed E-state index contributed by atoms with van der Waals surface area (Å²) in [5.41, 5.74) is 1.22. The zero-order chi connectivity index (χ0) is 10.7. The highest BCUT2D eigenvalue weighted by molar-refractivity contribution is 5.81. The molecule has 0 amide bonds. The van der Waals surface area contributed by atoms with E-state index in [9.17, 15) is 4.79 Å². The largest absolute Gasteiger partial charge is 0.496 e. The SMILES string of the molecule is COc1cccc(C2OCCO2)c1C=O. The van der Waals surface area contributed by atoms with Crippen LogP contribution in [0.4, 0.5) is 0 Å². The second-order valence-electron chi connectivity index (χ2n) is 3.15. The zero-order valence-electron chi connectivity index (χ0n) is 8.43. The molecule has 0 unspecified atom stereocenters. The van der Waals surface area contributed by atoms with Crippen molar-refractivity contribution in [2.45, 2.75) is 6.29 Å². The highest BCUT2D eigenvalue weighted by Crippen LogP contribution is 2.30. The van der Waals surface area contributed by atoms with Crippen LogP contribution in [0.3, 0.4) is 0 Å². The van der Waals surface area contributed by atoms with Gasteiger partial charge < -0.3 is 14.2 Å². The van der Waals surface area contributed by atoms with Crippen LogP contribution in [0.25, 0.3) is 0 Å². The predicted octanol–water partition coefficient (Wildman–Crippen LogP) is 1.55. The first kappa shape index (κ1) is 10.1. The van der Waals surface area contributed by atoms with E-state index >= 15 is 0 Å². The molecule has 1 saturated heterocycles. The highest BCUT2D eigenvalue weighted by atomic mass is 16.7. The van der Waals surface area contributed by atoms with Gasteiger partial charge in [0.15, 0.2) is 12.6 Å². The minimum absolute atomic E-state index is 0.444. The Morgan fingerprint density at radius 3 is 2.73 bits per heavy atom. The lowest BCUT2D eigenvalue weighted by Gasteiger charge is -2.13. The quantitative estimate of drug-likeness (QED) is 0.707. The van der Waals surface area contributed by atoms with E-state index in [2.05, 4.69) is 0 Å². The molecule has 0 aromatic heterocycles. The molecule has 1 aliphatic rings. The Morgan fingerprint density at radius 2 is 2.13 bits per heavy atom. The summed E-state index contributed by atoms with van der Waals surface area (Å²) in [5, 5.41) is 0. The van der Waals surface area contributed by atoms with E-state index in [4.69, 9.17) is 14.2 Å². The number of rotatable bonds is 3. The van der Waals surface area contributed by atoms with E-state index in [0.29, 0.717) is 24.5 Å². The minimum Gasteiger partial charge on any atom is -0.496 e. The maximum Gasteiger partial charge on any atom is 0.184 e. The van der Waals surface area contributed by atoms with E-state index in [1.54, 1.807) is 6.07 Å². The molecular formula is C11H12O4. The molecule has 2 rings (SSSR count). The number of benzene rings is 1. The van der Waals surface area contributed by atoms with Gasteiger partial charge in [-0.1, -0.05) is 12.1 Å². The molecule has 0 radical (unpaired) electrons. The summed E-state index contributed by atoms with van der Waals surface area (Å²) in [4.78, 5) is 11.0. The summed E-state index contributed by atoms with van der Waals surface area (Å²) in [5.74, 6) is 0.543. The van der Waals surface area contributed by atoms with Crippen molar-refractivity contribution in [2.24, 2.45) is 0 Å². The minimum atomic E-state index is -0.444. The summed E-state index contributed by atoms with van der Waals surface area (Å²) in [6.45, 7) is 1.11.